The van der Waals surface area contributed by atoms with Gasteiger partial charge in [0.1, 0.15) is 0 Å². The molecule has 0 aliphatic carbocycles. The van der Waals surface area contributed by atoms with Crippen LogP contribution in [0, 0.1) is 0 Å². The summed E-state index contributed by atoms with van der Waals surface area (Å²) in [4.78, 5) is 13.7. The van der Waals surface area contributed by atoms with Crippen molar-refractivity contribution in [3.63, 3.8) is 0 Å². The normalized spacial score (nSPS) is 10.7. The molecule has 0 spiro atoms. The molecule has 4 nitrogen and oxygen atoms in total. The third-order valence-electron chi connectivity index (χ3n) is 3.17. The fourth-order valence-corrected chi connectivity index (χ4v) is 2.59. The molecule has 5 heteroatoms. The maximum atomic E-state index is 11.5. The number of halogens is 1. The van der Waals surface area contributed by atoms with Crippen LogP contribution in [0.3, 0.4) is 0 Å². The van der Waals surface area contributed by atoms with Crippen molar-refractivity contribution in [2.45, 2.75) is 13.1 Å². The highest BCUT2D eigenvalue weighted by atomic mass is 79.9. The van der Waals surface area contributed by atoms with Crippen LogP contribution in [-0.2, 0) is 13.1 Å². The summed E-state index contributed by atoms with van der Waals surface area (Å²) in [6, 6.07) is 15.6. The van der Waals surface area contributed by atoms with Crippen molar-refractivity contribution in [1.82, 2.24) is 10.3 Å². The first-order valence-electron chi connectivity index (χ1n) is 6.62. The maximum absolute atomic E-state index is 11.5. The summed E-state index contributed by atoms with van der Waals surface area (Å²) in [6.07, 6.45) is 0. The minimum absolute atomic E-state index is 0.273. The topological polar surface area (TPSA) is 58.4 Å². The highest BCUT2D eigenvalue weighted by Gasteiger charge is 2.07. The number of benzene rings is 2. The van der Waals surface area contributed by atoms with E-state index in [-0.39, 0.29) is 5.91 Å². The Kier molecular flexibility index (Phi) is 5.50. The number of carbonyl (C=O) groups is 1. The van der Waals surface area contributed by atoms with Gasteiger partial charge in [0.15, 0.2) is 0 Å². The van der Waals surface area contributed by atoms with Gasteiger partial charge in [0.2, 0.25) is 0 Å². The fraction of sp³-hybridized carbons (Fsp3) is 0.188. The van der Waals surface area contributed by atoms with E-state index in [0.717, 1.165) is 23.1 Å². The predicted octanol–water partition coefficient (Wildman–Crippen LogP) is 2.68. The third-order valence-corrected chi connectivity index (χ3v) is 3.94. The molecule has 0 atom stereocenters. The second-order valence-corrected chi connectivity index (χ2v) is 5.79. The summed E-state index contributed by atoms with van der Waals surface area (Å²) in [6.45, 7) is 1.59. The van der Waals surface area contributed by atoms with Crippen molar-refractivity contribution in [3.05, 3.63) is 69.7 Å². The van der Waals surface area contributed by atoms with Crippen LogP contribution < -0.4 is 11.3 Å². The molecule has 0 saturated heterocycles. The minimum atomic E-state index is -0.273. The van der Waals surface area contributed by atoms with Gasteiger partial charge in [0, 0.05) is 23.1 Å². The number of nitrogens with two attached hydrogens (primary N) is 1. The molecule has 0 aliphatic rings. The maximum Gasteiger partial charge on any atom is 0.265 e. The molecule has 2 rings (SSSR count). The summed E-state index contributed by atoms with van der Waals surface area (Å²) in [5.41, 5.74) is 5.03. The summed E-state index contributed by atoms with van der Waals surface area (Å²) in [5.74, 6) is 4.89. The first-order chi connectivity index (χ1) is 10.1. The Balaban J connectivity index is 2.04. The van der Waals surface area contributed by atoms with E-state index < -0.39 is 0 Å². The molecule has 0 radical (unpaired) electrons. The second kappa shape index (κ2) is 7.36. The number of nitrogens with one attached hydrogen (secondary N) is 1. The number of carbonyl (C=O) groups excluding carboxylic acids is 1. The van der Waals surface area contributed by atoms with Gasteiger partial charge in [-0.05, 0) is 36.4 Å². The Morgan fingerprint density at radius 2 is 1.95 bits per heavy atom. The average molecular weight is 348 g/mol. The lowest BCUT2D eigenvalue weighted by atomic mass is 10.1. The van der Waals surface area contributed by atoms with Gasteiger partial charge < -0.3 is 0 Å². The standard InChI is InChI=1S/C16H18BrN3O/c1-20(11-14-6-2-3-8-15(14)17)10-12-5-4-7-13(9-12)16(21)19-18/h2-9H,10-11,18H2,1H3,(H,19,21). The molecule has 2 aromatic rings. The number of rotatable bonds is 5. The lowest BCUT2D eigenvalue weighted by Crippen LogP contribution is -2.30. The third kappa shape index (κ3) is 4.39. The van der Waals surface area contributed by atoms with E-state index in [1.807, 2.05) is 36.4 Å². The largest absolute Gasteiger partial charge is 0.298 e. The lowest BCUT2D eigenvalue weighted by molar-refractivity contribution is 0.0953. The molecule has 0 heterocycles. The SMILES string of the molecule is CN(Cc1cccc(C(=O)NN)c1)Cc1ccccc1Br. The van der Waals surface area contributed by atoms with Crippen LogP contribution in [0.4, 0.5) is 0 Å². The number of hydrogen-bond donors (Lipinski definition) is 2. The first-order valence-corrected chi connectivity index (χ1v) is 7.41. The van der Waals surface area contributed by atoms with Crippen LogP contribution in [0.25, 0.3) is 0 Å². The van der Waals surface area contributed by atoms with E-state index in [4.69, 9.17) is 5.84 Å². The van der Waals surface area contributed by atoms with Crippen LogP contribution in [0.5, 0.6) is 0 Å². The number of hydrazine groups is 1. The van der Waals surface area contributed by atoms with Crippen molar-refractivity contribution in [2.24, 2.45) is 5.84 Å². The smallest absolute Gasteiger partial charge is 0.265 e. The Morgan fingerprint density at radius 1 is 1.19 bits per heavy atom. The zero-order chi connectivity index (χ0) is 15.2. The Bertz CT molecular complexity index is 630. The Morgan fingerprint density at radius 3 is 2.67 bits per heavy atom. The molecule has 1 amide bonds. The second-order valence-electron chi connectivity index (χ2n) is 4.94. The highest BCUT2D eigenvalue weighted by Crippen LogP contribution is 2.18. The Labute approximate surface area is 133 Å². The number of nitrogen functional groups attached to an aromatic ring is 1. The first kappa shape index (κ1) is 15.7. The van der Waals surface area contributed by atoms with Crippen LogP contribution in [0.2, 0.25) is 0 Å². The van der Waals surface area contributed by atoms with Gasteiger partial charge in [-0.1, -0.05) is 46.3 Å². The summed E-state index contributed by atoms with van der Waals surface area (Å²) in [5, 5.41) is 0. The van der Waals surface area contributed by atoms with Crippen molar-refractivity contribution in [3.8, 4) is 0 Å². The monoisotopic (exact) mass is 347 g/mol. The van der Waals surface area contributed by atoms with Gasteiger partial charge in [-0.2, -0.15) is 0 Å². The molecular weight excluding hydrogens is 330 g/mol. The van der Waals surface area contributed by atoms with E-state index >= 15 is 0 Å². The number of nitrogens with zero attached hydrogens (tertiary/aromatic N) is 1. The van der Waals surface area contributed by atoms with Gasteiger partial charge in [-0.3, -0.25) is 15.1 Å². The van der Waals surface area contributed by atoms with Crippen LogP contribution in [0.15, 0.2) is 53.0 Å². The molecule has 0 aliphatic heterocycles. The molecule has 0 aromatic heterocycles. The zero-order valence-corrected chi connectivity index (χ0v) is 13.4. The van der Waals surface area contributed by atoms with Gasteiger partial charge in [-0.15, -0.1) is 0 Å². The molecule has 3 N–H and O–H groups in total. The van der Waals surface area contributed by atoms with E-state index in [1.54, 1.807) is 6.07 Å². The zero-order valence-electron chi connectivity index (χ0n) is 11.8. The summed E-state index contributed by atoms with van der Waals surface area (Å²) in [7, 11) is 2.05. The van der Waals surface area contributed by atoms with E-state index in [2.05, 4.69) is 39.4 Å². The molecule has 0 saturated carbocycles. The number of hydrogen-bond acceptors (Lipinski definition) is 3. The summed E-state index contributed by atoms with van der Waals surface area (Å²) >= 11 is 3.56. The quantitative estimate of drug-likeness (QED) is 0.496. The van der Waals surface area contributed by atoms with E-state index in [1.165, 1.54) is 5.56 Å². The Hall–Kier alpha value is -1.69. The lowest BCUT2D eigenvalue weighted by Gasteiger charge is -2.18. The average Bonchev–Trinajstić information content (AvgIpc) is 2.49. The molecule has 2 aromatic carbocycles. The van der Waals surface area contributed by atoms with Crippen molar-refractivity contribution < 1.29 is 4.79 Å². The highest BCUT2D eigenvalue weighted by molar-refractivity contribution is 9.10. The van der Waals surface area contributed by atoms with Crippen LogP contribution in [-0.4, -0.2) is 17.9 Å². The fourth-order valence-electron chi connectivity index (χ4n) is 2.18. The summed E-state index contributed by atoms with van der Waals surface area (Å²) < 4.78 is 1.10. The van der Waals surface area contributed by atoms with E-state index in [0.29, 0.717) is 5.56 Å². The van der Waals surface area contributed by atoms with Gasteiger partial charge in [-0.25, -0.2) is 5.84 Å². The van der Waals surface area contributed by atoms with Crippen LogP contribution >= 0.6 is 15.9 Å². The molecule has 0 bridgehead atoms. The molecule has 110 valence electrons. The van der Waals surface area contributed by atoms with Crippen molar-refractivity contribution >= 4 is 21.8 Å². The molecule has 0 unspecified atom stereocenters. The van der Waals surface area contributed by atoms with E-state index in [9.17, 15) is 4.79 Å². The van der Waals surface area contributed by atoms with Gasteiger partial charge >= 0.3 is 0 Å². The molecule has 0 fully saturated rings. The van der Waals surface area contributed by atoms with Gasteiger partial charge in [0.25, 0.3) is 5.91 Å². The van der Waals surface area contributed by atoms with Gasteiger partial charge in [0.05, 0.1) is 0 Å². The van der Waals surface area contributed by atoms with Crippen molar-refractivity contribution in [1.29, 1.82) is 0 Å². The van der Waals surface area contributed by atoms with Crippen LogP contribution in [0.1, 0.15) is 21.5 Å². The van der Waals surface area contributed by atoms with Crippen molar-refractivity contribution in [2.75, 3.05) is 7.05 Å². The predicted molar refractivity (Wildman–Crippen MR) is 87.4 cm³/mol. The molecular formula is C16H18BrN3O. The minimum Gasteiger partial charge on any atom is -0.298 e. The molecule has 21 heavy (non-hydrogen) atoms. The number of amides is 1.